The number of benzene rings is 1. The van der Waals surface area contributed by atoms with E-state index in [-0.39, 0.29) is 5.75 Å². The van der Waals surface area contributed by atoms with Gasteiger partial charge in [0.2, 0.25) is 0 Å². The first kappa shape index (κ1) is 10.5. The Labute approximate surface area is 94.5 Å². The van der Waals surface area contributed by atoms with Gasteiger partial charge in [0.1, 0.15) is 11.6 Å². The van der Waals surface area contributed by atoms with Crippen molar-refractivity contribution < 1.29 is 5.11 Å². The number of anilines is 1. The maximum absolute atomic E-state index is 9.24. The highest BCUT2D eigenvalue weighted by Crippen LogP contribution is 2.23. The van der Waals surface area contributed by atoms with Gasteiger partial charge in [-0.3, -0.25) is 0 Å². The molecule has 0 bridgehead atoms. The van der Waals surface area contributed by atoms with Crippen molar-refractivity contribution in [3.05, 3.63) is 35.5 Å². The molecule has 0 atom stereocenters. The Morgan fingerprint density at radius 3 is 2.38 bits per heavy atom. The predicted molar refractivity (Wildman–Crippen MR) is 64.2 cm³/mol. The molecule has 0 aliphatic heterocycles. The summed E-state index contributed by atoms with van der Waals surface area (Å²) in [5.41, 5.74) is 3.06. The number of aryl methyl sites for hydroxylation is 1. The van der Waals surface area contributed by atoms with Crippen LogP contribution >= 0.6 is 0 Å². The van der Waals surface area contributed by atoms with Gasteiger partial charge in [0.15, 0.2) is 0 Å². The van der Waals surface area contributed by atoms with Crippen molar-refractivity contribution in [2.45, 2.75) is 13.8 Å². The van der Waals surface area contributed by atoms with Crippen molar-refractivity contribution in [2.75, 3.05) is 12.4 Å². The zero-order valence-corrected chi connectivity index (χ0v) is 9.65. The summed E-state index contributed by atoms with van der Waals surface area (Å²) in [6, 6.07) is 6.98. The molecule has 0 saturated heterocycles. The first-order chi connectivity index (χ1) is 7.63. The van der Waals surface area contributed by atoms with Gasteiger partial charge in [-0.25, -0.2) is 4.68 Å². The SMILES string of the molecule is CNc1c(C)c(C)nn1-c1ccc(O)cc1. The second-order valence-corrected chi connectivity index (χ2v) is 3.74. The summed E-state index contributed by atoms with van der Waals surface area (Å²) in [7, 11) is 1.88. The number of aromatic hydroxyl groups is 1. The lowest BCUT2D eigenvalue weighted by Crippen LogP contribution is -2.02. The number of nitrogens with one attached hydrogen (secondary N) is 1. The Kier molecular flexibility index (Phi) is 2.56. The second kappa shape index (κ2) is 3.89. The third-order valence-electron chi connectivity index (χ3n) is 2.69. The number of hydrogen-bond acceptors (Lipinski definition) is 3. The number of hydrogen-bond donors (Lipinski definition) is 2. The van der Waals surface area contributed by atoms with E-state index in [4.69, 9.17) is 0 Å². The van der Waals surface area contributed by atoms with Crippen LogP contribution in [0.5, 0.6) is 5.75 Å². The molecule has 4 nitrogen and oxygen atoms in total. The fourth-order valence-electron chi connectivity index (χ4n) is 1.68. The lowest BCUT2D eigenvalue weighted by molar-refractivity contribution is 0.475. The lowest BCUT2D eigenvalue weighted by atomic mass is 10.2. The molecular formula is C12H15N3O. The maximum Gasteiger partial charge on any atom is 0.132 e. The van der Waals surface area contributed by atoms with Crippen molar-refractivity contribution in [2.24, 2.45) is 0 Å². The molecule has 2 N–H and O–H groups in total. The Morgan fingerprint density at radius 1 is 1.19 bits per heavy atom. The van der Waals surface area contributed by atoms with Crippen molar-refractivity contribution >= 4 is 5.82 Å². The van der Waals surface area contributed by atoms with E-state index in [2.05, 4.69) is 10.4 Å². The molecule has 4 heteroatoms. The van der Waals surface area contributed by atoms with Crippen LogP contribution in [0.15, 0.2) is 24.3 Å². The molecule has 0 saturated carbocycles. The molecular weight excluding hydrogens is 202 g/mol. The normalized spacial score (nSPS) is 10.4. The summed E-state index contributed by atoms with van der Waals surface area (Å²) < 4.78 is 1.84. The van der Waals surface area contributed by atoms with Crippen LogP contribution in [0.4, 0.5) is 5.82 Å². The molecule has 0 spiro atoms. The summed E-state index contributed by atoms with van der Waals surface area (Å²) in [4.78, 5) is 0. The summed E-state index contributed by atoms with van der Waals surface area (Å²) in [6.07, 6.45) is 0. The fourth-order valence-corrected chi connectivity index (χ4v) is 1.68. The van der Waals surface area contributed by atoms with Crippen LogP contribution in [-0.4, -0.2) is 21.9 Å². The van der Waals surface area contributed by atoms with Crippen LogP contribution < -0.4 is 5.32 Å². The van der Waals surface area contributed by atoms with Crippen LogP contribution in [0.3, 0.4) is 0 Å². The van der Waals surface area contributed by atoms with Gasteiger partial charge in [0.05, 0.1) is 11.4 Å². The smallest absolute Gasteiger partial charge is 0.132 e. The van der Waals surface area contributed by atoms with Crippen LogP contribution in [0.1, 0.15) is 11.3 Å². The molecule has 0 unspecified atom stereocenters. The summed E-state index contributed by atoms with van der Waals surface area (Å²) in [5.74, 6) is 1.23. The number of nitrogens with zero attached hydrogens (tertiary/aromatic N) is 2. The van der Waals surface area contributed by atoms with Crippen molar-refractivity contribution in [3.63, 3.8) is 0 Å². The molecule has 1 aromatic heterocycles. The van der Waals surface area contributed by atoms with E-state index in [1.54, 1.807) is 12.1 Å². The maximum atomic E-state index is 9.24. The van der Waals surface area contributed by atoms with E-state index in [1.165, 1.54) is 0 Å². The summed E-state index contributed by atoms with van der Waals surface area (Å²) >= 11 is 0. The van der Waals surface area contributed by atoms with E-state index in [1.807, 2.05) is 37.7 Å². The van der Waals surface area contributed by atoms with E-state index in [9.17, 15) is 5.11 Å². The average Bonchev–Trinajstić information content (AvgIpc) is 2.56. The van der Waals surface area contributed by atoms with E-state index in [0.717, 1.165) is 22.8 Å². The molecule has 0 aliphatic rings. The average molecular weight is 217 g/mol. The van der Waals surface area contributed by atoms with Crippen molar-refractivity contribution in [3.8, 4) is 11.4 Å². The standard InChI is InChI=1S/C12H15N3O/c1-8-9(2)14-15(12(8)13-3)10-4-6-11(16)7-5-10/h4-7,13,16H,1-3H3. The minimum atomic E-state index is 0.260. The molecule has 84 valence electrons. The van der Waals surface area contributed by atoms with Crippen LogP contribution in [0.25, 0.3) is 5.69 Å². The Hall–Kier alpha value is -1.97. The van der Waals surface area contributed by atoms with E-state index < -0.39 is 0 Å². The number of aromatic nitrogens is 2. The summed E-state index contributed by atoms with van der Waals surface area (Å²) in [6.45, 7) is 4.01. The molecule has 1 heterocycles. The molecule has 0 radical (unpaired) electrons. The zero-order chi connectivity index (χ0) is 11.7. The number of phenolic OH excluding ortho intramolecular Hbond substituents is 1. The monoisotopic (exact) mass is 217 g/mol. The molecule has 2 aromatic rings. The molecule has 2 rings (SSSR count). The topological polar surface area (TPSA) is 50.1 Å². The van der Waals surface area contributed by atoms with Crippen LogP contribution in [0.2, 0.25) is 0 Å². The van der Waals surface area contributed by atoms with Gasteiger partial charge < -0.3 is 10.4 Å². The minimum Gasteiger partial charge on any atom is -0.508 e. The van der Waals surface area contributed by atoms with Gasteiger partial charge in [-0.05, 0) is 38.1 Å². The lowest BCUT2D eigenvalue weighted by Gasteiger charge is -2.07. The van der Waals surface area contributed by atoms with Gasteiger partial charge in [-0.1, -0.05) is 0 Å². The predicted octanol–water partition coefficient (Wildman–Crippen LogP) is 2.24. The van der Waals surface area contributed by atoms with Crippen LogP contribution in [0, 0.1) is 13.8 Å². The quantitative estimate of drug-likeness (QED) is 0.811. The zero-order valence-electron chi connectivity index (χ0n) is 9.65. The molecule has 0 amide bonds. The Morgan fingerprint density at radius 2 is 1.81 bits per heavy atom. The van der Waals surface area contributed by atoms with Gasteiger partial charge in [0, 0.05) is 12.6 Å². The summed E-state index contributed by atoms with van der Waals surface area (Å²) in [5, 5.41) is 16.8. The fraction of sp³-hybridized carbons (Fsp3) is 0.250. The number of phenols is 1. The largest absolute Gasteiger partial charge is 0.508 e. The Bertz CT molecular complexity index is 500. The first-order valence-electron chi connectivity index (χ1n) is 5.17. The van der Waals surface area contributed by atoms with E-state index in [0.29, 0.717) is 0 Å². The highest BCUT2D eigenvalue weighted by molar-refractivity contribution is 5.52. The molecule has 0 fully saturated rings. The van der Waals surface area contributed by atoms with Gasteiger partial charge >= 0.3 is 0 Å². The number of rotatable bonds is 2. The minimum absolute atomic E-state index is 0.260. The highest BCUT2D eigenvalue weighted by atomic mass is 16.3. The van der Waals surface area contributed by atoms with Gasteiger partial charge in [-0.2, -0.15) is 5.10 Å². The highest BCUT2D eigenvalue weighted by Gasteiger charge is 2.11. The van der Waals surface area contributed by atoms with Gasteiger partial charge in [0.25, 0.3) is 0 Å². The third-order valence-corrected chi connectivity index (χ3v) is 2.69. The second-order valence-electron chi connectivity index (χ2n) is 3.74. The van der Waals surface area contributed by atoms with Crippen LogP contribution in [-0.2, 0) is 0 Å². The molecule has 0 aliphatic carbocycles. The third kappa shape index (κ3) is 1.62. The molecule has 1 aromatic carbocycles. The Balaban J connectivity index is 2.55. The molecule has 16 heavy (non-hydrogen) atoms. The van der Waals surface area contributed by atoms with Crippen molar-refractivity contribution in [1.82, 2.24) is 9.78 Å². The van der Waals surface area contributed by atoms with Crippen molar-refractivity contribution in [1.29, 1.82) is 0 Å². The van der Waals surface area contributed by atoms with Gasteiger partial charge in [-0.15, -0.1) is 0 Å². The van der Waals surface area contributed by atoms with E-state index >= 15 is 0 Å². The first-order valence-corrected chi connectivity index (χ1v) is 5.17.